The third-order valence-corrected chi connectivity index (χ3v) is 4.47. The van der Waals surface area contributed by atoms with Crippen LogP contribution in [0.3, 0.4) is 0 Å². The number of nitrogens with zero attached hydrogens (tertiary/aromatic N) is 1. The molecule has 0 bridgehead atoms. The molecule has 0 saturated heterocycles. The van der Waals surface area contributed by atoms with Crippen LogP contribution in [0.4, 0.5) is 16.6 Å². The van der Waals surface area contributed by atoms with Gasteiger partial charge in [0, 0.05) is 17.1 Å². The molecule has 0 atom stereocenters. The van der Waals surface area contributed by atoms with Crippen molar-refractivity contribution in [3.05, 3.63) is 29.1 Å². The number of nitrogens with two attached hydrogens (primary N) is 1. The van der Waals surface area contributed by atoms with E-state index < -0.39 is 0 Å². The number of nitrogens with one attached hydrogen (secondary N) is 2. The van der Waals surface area contributed by atoms with Crippen molar-refractivity contribution in [2.75, 3.05) is 29.2 Å². The van der Waals surface area contributed by atoms with Crippen molar-refractivity contribution < 1.29 is 4.79 Å². The van der Waals surface area contributed by atoms with E-state index in [4.69, 9.17) is 5.73 Å². The van der Waals surface area contributed by atoms with Crippen LogP contribution in [0.25, 0.3) is 0 Å². The number of nitrogen functional groups attached to an aromatic ring is 1. The minimum atomic E-state index is -0.229. The standard InChI is InChI=1S/C14H18N4OS2/c1-3-7-16-14-18-12(15)11(21-14)13(19)17-9-5-4-6-10(8-9)20-2/h4-6,8H,3,7,15H2,1-2H3,(H,16,18)(H,17,19). The molecule has 2 rings (SSSR count). The summed E-state index contributed by atoms with van der Waals surface area (Å²) in [6.45, 7) is 2.88. The van der Waals surface area contributed by atoms with Crippen LogP contribution in [-0.2, 0) is 0 Å². The van der Waals surface area contributed by atoms with Gasteiger partial charge in [0.15, 0.2) is 5.13 Å². The lowest BCUT2D eigenvalue weighted by Crippen LogP contribution is -2.12. The average molecular weight is 322 g/mol. The number of aromatic nitrogens is 1. The summed E-state index contributed by atoms with van der Waals surface area (Å²) in [6, 6.07) is 7.68. The lowest BCUT2D eigenvalue weighted by atomic mass is 10.3. The predicted octanol–water partition coefficient (Wildman–Crippen LogP) is 3.52. The first-order valence-corrected chi connectivity index (χ1v) is 8.63. The van der Waals surface area contributed by atoms with Crippen LogP contribution in [0, 0.1) is 0 Å². The molecule has 1 aromatic heterocycles. The van der Waals surface area contributed by atoms with E-state index in [9.17, 15) is 4.79 Å². The second-order valence-electron chi connectivity index (χ2n) is 4.35. The molecule has 5 nitrogen and oxygen atoms in total. The van der Waals surface area contributed by atoms with Crippen molar-refractivity contribution in [3.63, 3.8) is 0 Å². The Hall–Kier alpha value is -1.73. The zero-order chi connectivity index (χ0) is 15.2. The number of thioether (sulfide) groups is 1. The fraction of sp³-hybridized carbons (Fsp3) is 0.286. The maximum atomic E-state index is 12.3. The van der Waals surface area contributed by atoms with Gasteiger partial charge in [-0.3, -0.25) is 4.79 Å². The molecular formula is C14H18N4OS2. The van der Waals surface area contributed by atoms with Gasteiger partial charge in [-0.05, 0) is 30.9 Å². The SMILES string of the molecule is CCCNc1nc(N)c(C(=O)Nc2cccc(SC)c2)s1. The largest absolute Gasteiger partial charge is 0.382 e. The van der Waals surface area contributed by atoms with Gasteiger partial charge in [-0.2, -0.15) is 0 Å². The van der Waals surface area contributed by atoms with E-state index >= 15 is 0 Å². The van der Waals surface area contributed by atoms with E-state index in [0.717, 1.165) is 23.5 Å². The number of amides is 1. The summed E-state index contributed by atoms with van der Waals surface area (Å²) >= 11 is 2.90. The lowest BCUT2D eigenvalue weighted by Gasteiger charge is -2.05. The zero-order valence-corrected chi connectivity index (χ0v) is 13.6. The Balaban J connectivity index is 2.10. The summed E-state index contributed by atoms with van der Waals surface area (Å²) in [5, 5.41) is 6.67. The first kappa shape index (κ1) is 15.7. The molecule has 2 aromatic rings. The molecular weight excluding hydrogens is 304 g/mol. The second kappa shape index (κ2) is 7.33. The van der Waals surface area contributed by atoms with E-state index in [1.165, 1.54) is 11.3 Å². The van der Waals surface area contributed by atoms with Crippen molar-refractivity contribution in [1.29, 1.82) is 0 Å². The number of thiazole rings is 1. The molecule has 0 aliphatic heterocycles. The maximum Gasteiger partial charge on any atom is 0.269 e. The van der Waals surface area contributed by atoms with Crippen molar-refractivity contribution >= 4 is 45.6 Å². The highest BCUT2D eigenvalue weighted by Crippen LogP contribution is 2.26. The summed E-state index contributed by atoms with van der Waals surface area (Å²) in [4.78, 5) is 18.0. The van der Waals surface area contributed by atoms with Crippen LogP contribution in [0.15, 0.2) is 29.2 Å². The molecule has 1 aromatic carbocycles. The number of carbonyl (C=O) groups excluding carboxylic acids is 1. The molecule has 1 amide bonds. The zero-order valence-electron chi connectivity index (χ0n) is 12.0. The molecule has 1 heterocycles. The van der Waals surface area contributed by atoms with Gasteiger partial charge in [-0.1, -0.05) is 24.3 Å². The van der Waals surface area contributed by atoms with E-state index in [2.05, 4.69) is 22.5 Å². The van der Waals surface area contributed by atoms with Crippen LogP contribution in [0.1, 0.15) is 23.0 Å². The molecule has 21 heavy (non-hydrogen) atoms. The Morgan fingerprint density at radius 3 is 3.00 bits per heavy atom. The Morgan fingerprint density at radius 2 is 2.29 bits per heavy atom. The number of benzene rings is 1. The topological polar surface area (TPSA) is 80.0 Å². The van der Waals surface area contributed by atoms with Crippen molar-refractivity contribution in [2.45, 2.75) is 18.2 Å². The number of hydrogen-bond acceptors (Lipinski definition) is 6. The molecule has 0 unspecified atom stereocenters. The Bertz CT molecular complexity index is 627. The third kappa shape index (κ3) is 4.12. The normalized spacial score (nSPS) is 10.4. The minimum absolute atomic E-state index is 0.229. The monoisotopic (exact) mass is 322 g/mol. The van der Waals surface area contributed by atoms with Gasteiger partial charge in [0.2, 0.25) is 0 Å². The highest BCUT2D eigenvalue weighted by molar-refractivity contribution is 7.98. The van der Waals surface area contributed by atoms with E-state index in [1.807, 2.05) is 30.5 Å². The van der Waals surface area contributed by atoms with Crippen molar-refractivity contribution in [2.24, 2.45) is 0 Å². The van der Waals surface area contributed by atoms with E-state index in [-0.39, 0.29) is 11.7 Å². The fourth-order valence-electron chi connectivity index (χ4n) is 1.69. The molecule has 4 N–H and O–H groups in total. The summed E-state index contributed by atoms with van der Waals surface area (Å²) in [7, 11) is 0. The van der Waals surface area contributed by atoms with Gasteiger partial charge in [0.05, 0.1) is 0 Å². The second-order valence-corrected chi connectivity index (χ2v) is 6.22. The predicted molar refractivity (Wildman–Crippen MR) is 91.5 cm³/mol. The molecule has 0 aliphatic carbocycles. The highest BCUT2D eigenvalue weighted by atomic mass is 32.2. The minimum Gasteiger partial charge on any atom is -0.382 e. The molecule has 0 saturated carbocycles. The quantitative estimate of drug-likeness (QED) is 0.709. The van der Waals surface area contributed by atoms with E-state index in [1.54, 1.807) is 11.8 Å². The Labute approximate surface area is 132 Å². The molecule has 112 valence electrons. The number of carbonyl (C=O) groups is 1. The molecule has 7 heteroatoms. The molecule has 0 spiro atoms. The number of anilines is 3. The number of rotatable bonds is 6. The molecule has 0 radical (unpaired) electrons. The molecule has 0 fully saturated rings. The van der Waals surface area contributed by atoms with Gasteiger partial charge in [-0.15, -0.1) is 11.8 Å². The van der Waals surface area contributed by atoms with Crippen molar-refractivity contribution in [3.8, 4) is 0 Å². The van der Waals surface area contributed by atoms with Crippen LogP contribution >= 0.6 is 23.1 Å². The Kier molecular flexibility index (Phi) is 5.46. The molecule has 0 aliphatic rings. The average Bonchev–Trinajstić information content (AvgIpc) is 2.86. The summed E-state index contributed by atoms with van der Waals surface area (Å²) in [6.07, 6.45) is 2.98. The van der Waals surface area contributed by atoms with Crippen molar-refractivity contribution in [1.82, 2.24) is 4.98 Å². The summed E-state index contributed by atoms with van der Waals surface area (Å²) in [5.74, 6) is 0.0323. The van der Waals surface area contributed by atoms with Crippen LogP contribution in [0.2, 0.25) is 0 Å². The van der Waals surface area contributed by atoms with Crippen LogP contribution in [-0.4, -0.2) is 23.7 Å². The van der Waals surface area contributed by atoms with Gasteiger partial charge >= 0.3 is 0 Å². The number of hydrogen-bond donors (Lipinski definition) is 3. The van der Waals surface area contributed by atoms with Gasteiger partial charge in [-0.25, -0.2) is 4.98 Å². The maximum absolute atomic E-state index is 12.3. The Morgan fingerprint density at radius 1 is 1.48 bits per heavy atom. The van der Waals surface area contributed by atoms with Gasteiger partial charge < -0.3 is 16.4 Å². The van der Waals surface area contributed by atoms with Crippen LogP contribution in [0.5, 0.6) is 0 Å². The van der Waals surface area contributed by atoms with E-state index in [0.29, 0.717) is 10.0 Å². The van der Waals surface area contributed by atoms with Crippen LogP contribution < -0.4 is 16.4 Å². The first-order valence-electron chi connectivity index (χ1n) is 6.59. The van der Waals surface area contributed by atoms with Gasteiger partial charge in [0.25, 0.3) is 5.91 Å². The first-order chi connectivity index (χ1) is 10.1. The third-order valence-electron chi connectivity index (χ3n) is 2.71. The summed E-state index contributed by atoms with van der Waals surface area (Å²) < 4.78 is 0. The summed E-state index contributed by atoms with van der Waals surface area (Å²) in [5.41, 5.74) is 6.57. The lowest BCUT2D eigenvalue weighted by molar-refractivity contribution is 0.103. The highest BCUT2D eigenvalue weighted by Gasteiger charge is 2.16. The fourth-order valence-corrected chi connectivity index (χ4v) is 2.96. The smallest absolute Gasteiger partial charge is 0.269 e. The van der Waals surface area contributed by atoms with Gasteiger partial charge in [0.1, 0.15) is 10.7 Å².